The first-order valence-electron chi connectivity index (χ1n) is 5.45. The number of nitrogens with one attached hydrogen (secondary N) is 2. The normalized spacial score (nSPS) is 12.3. The molecule has 6 heteroatoms. The molecule has 0 aliphatic rings. The van der Waals surface area contributed by atoms with E-state index in [1.54, 1.807) is 17.8 Å². The van der Waals surface area contributed by atoms with Crippen molar-refractivity contribution < 1.29 is 0 Å². The first-order valence-corrected chi connectivity index (χ1v) is 7.49. The predicted molar refractivity (Wildman–Crippen MR) is 79.9 cm³/mol. The maximum Gasteiger partial charge on any atom is 0.147 e. The van der Waals surface area contributed by atoms with Crippen LogP contribution in [0, 0.1) is 0 Å². The van der Waals surface area contributed by atoms with Gasteiger partial charge in [-0.2, -0.15) is 11.8 Å². The minimum absolute atomic E-state index is 0.506. The molecule has 17 heavy (non-hydrogen) atoms. The van der Waals surface area contributed by atoms with Gasteiger partial charge in [-0.3, -0.25) is 0 Å². The average molecular weight is 294 g/mol. The highest BCUT2D eigenvalue weighted by Gasteiger charge is 2.09. The van der Waals surface area contributed by atoms with Gasteiger partial charge in [0.2, 0.25) is 0 Å². The lowest BCUT2D eigenvalue weighted by Crippen LogP contribution is -2.14. The summed E-state index contributed by atoms with van der Waals surface area (Å²) in [5.41, 5.74) is 0. The minimum Gasteiger partial charge on any atom is -0.369 e. The van der Waals surface area contributed by atoms with Crippen LogP contribution in [0.15, 0.2) is 6.07 Å². The molecule has 1 aromatic heterocycles. The molecule has 2 N–H and O–H groups in total. The van der Waals surface area contributed by atoms with E-state index in [2.05, 4.69) is 28.8 Å². The summed E-state index contributed by atoms with van der Waals surface area (Å²) in [6.07, 6.45) is 2.08. The molecule has 3 nitrogen and oxygen atoms in total. The molecule has 0 bridgehead atoms. The summed E-state index contributed by atoms with van der Waals surface area (Å²) in [4.78, 5) is 4.37. The first-order chi connectivity index (χ1) is 8.08. The van der Waals surface area contributed by atoms with E-state index in [4.69, 9.17) is 23.2 Å². The molecule has 0 spiro atoms. The van der Waals surface area contributed by atoms with Gasteiger partial charge in [0.1, 0.15) is 11.6 Å². The zero-order valence-corrected chi connectivity index (χ0v) is 12.5. The molecule has 0 aliphatic carbocycles. The average Bonchev–Trinajstić information content (AvgIpc) is 2.30. The van der Waals surface area contributed by atoms with Crippen LogP contribution in [0.3, 0.4) is 0 Å². The van der Waals surface area contributed by atoms with Crippen LogP contribution in [0.2, 0.25) is 10.0 Å². The quantitative estimate of drug-likeness (QED) is 0.832. The molecule has 0 aliphatic heterocycles. The van der Waals surface area contributed by atoms with Crippen LogP contribution in [0.4, 0.5) is 11.6 Å². The number of pyridine rings is 1. The largest absolute Gasteiger partial charge is 0.369 e. The summed E-state index contributed by atoms with van der Waals surface area (Å²) in [5, 5.41) is 7.92. The number of thioether (sulfide) groups is 1. The fourth-order valence-corrected chi connectivity index (χ4v) is 1.95. The summed E-state index contributed by atoms with van der Waals surface area (Å²) in [7, 11) is 0. The van der Waals surface area contributed by atoms with E-state index in [9.17, 15) is 0 Å². The summed E-state index contributed by atoms with van der Waals surface area (Å²) in [6, 6.07) is 1.71. The van der Waals surface area contributed by atoms with E-state index >= 15 is 0 Å². The van der Waals surface area contributed by atoms with Crippen LogP contribution in [0.5, 0.6) is 0 Å². The maximum atomic E-state index is 6.08. The molecule has 0 aromatic carbocycles. The Morgan fingerprint density at radius 3 is 2.41 bits per heavy atom. The van der Waals surface area contributed by atoms with Gasteiger partial charge in [-0.05, 0) is 19.2 Å². The zero-order valence-electron chi connectivity index (χ0n) is 10.2. The Hall–Kier alpha value is -0.320. The third-order valence-electron chi connectivity index (χ3n) is 2.23. The second-order valence-electron chi connectivity index (χ2n) is 3.61. The molecule has 0 saturated heterocycles. The Morgan fingerprint density at radius 2 is 1.88 bits per heavy atom. The van der Waals surface area contributed by atoms with Crippen molar-refractivity contribution in [2.75, 3.05) is 30.0 Å². The lowest BCUT2D eigenvalue weighted by atomic mass is 10.4. The van der Waals surface area contributed by atoms with Crippen LogP contribution in [-0.4, -0.2) is 29.6 Å². The second-order valence-corrected chi connectivity index (χ2v) is 5.70. The van der Waals surface area contributed by atoms with Crippen LogP contribution in [-0.2, 0) is 0 Å². The monoisotopic (exact) mass is 293 g/mol. The number of hydrogen-bond donors (Lipinski definition) is 2. The van der Waals surface area contributed by atoms with Crippen molar-refractivity contribution in [2.24, 2.45) is 0 Å². The molecule has 1 atom stereocenters. The van der Waals surface area contributed by atoms with Crippen LogP contribution in [0.1, 0.15) is 13.8 Å². The Kier molecular flexibility index (Phi) is 6.23. The summed E-state index contributed by atoms with van der Waals surface area (Å²) >= 11 is 13.9. The SMILES string of the molecule is CCNc1nc(NCC(C)SC)c(Cl)cc1Cl. The molecule has 1 aromatic rings. The van der Waals surface area contributed by atoms with Crippen molar-refractivity contribution in [3.05, 3.63) is 16.1 Å². The van der Waals surface area contributed by atoms with Gasteiger partial charge >= 0.3 is 0 Å². The second kappa shape index (κ2) is 7.19. The van der Waals surface area contributed by atoms with E-state index in [-0.39, 0.29) is 0 Å². The lowest BCUT2D eigenvalue weighted by molar-refractivity contribution is 0.991. The van der Waals surface area contributed by atoms with Gasteiger partial charge < -0.3 is 10.6 Å². The van der Waals surface area contributed by atoms with Gasteiger partial charge in [0.15, 0.2) is 0 Å². The van der Waals surface area contributed by atoms with E-state index in [0.717, 1.165) is 13.1 Å². The Labute approximate surface area is 117 Å². The Balaban J connectivity index is 2.80. The van der Waals surface area contributed by atoms with Gasteiger partial charge in [-0.15, -0.1) is 0 Å². The smallest absolute Gasteiger partial charge is 0.147 e. The van der Waals surface area contributed by atoms with Crippen molar-refractivity contribution in [1.29, 1.82) is 0 Å². The van der Waals surface area contributed by atoms with Crippen molar-refractivity contribution in [1.82, 2.24) is 4.98 Å². The Bertz CT molecular complexity index is 374. The molecule has 0 fully saturated rings. The van der Waals surface area contributed by atoms with Crippen molar-refractivity contribution in [3.63, 3.8) is 0 Å². The number of halogens is 2. The van der Waals surface area contributed by atoms with Crippen molar-refractivity contribution >= 4 is 46.6 Å². The number of hydrogen-bond acceptors (Lipinski definition) is 4. The summed E-state index contributed by atoms with van der Waals surface area (Å²) in [6.45, 7) is 5.73. The molecule has 96 valence electrons. The van der Waals surface area contributed by atoms with Gasteiger partial charge in [-0.25, -0.2) is 4.98 Å². The van der Waals surface area contributed by atoms with Crippen LogP contribution < -0.4 is 10.6 Å². The maximum absolute atomic E-state index is 6.08. The topological polar surface area (TPSA) is 37.0 Å². The zero-order chi connectivity index (χ0) is 12.8. The fraction of sp³-hybridized carbons (Fsp3) is 0.545. The molecule has 0 amide bonds. The summed E-state index contributed by atoms with van der Waals surface area (Å²) < 4.78 is 0. The van der Waals surface area contributed by atoms with Gasteiger partial charge in [0, 0.05) is 18.3 Å². The Morgan fingerprint density at radius 1 is 1.29 bits per heavy atom. The van der Waals surface area contributed by atoms with E-state index in [1.165, 1.54) is 0 Å². The van der Waals surface area contributed by atoms with Crippen molar-refractivity contribution in [2.45, 2.75) is 19.1 Å². The summed E-state index contributed by atoms with van der Waals surface area (Å²) in [5.74, 6) is 1.34. The van der Waals surface area contributed by atoms with Crippen molar-refractivity contribution in [3.8, 4) is 0 Å². The third kappa shape index (κ3) is 4.45. The van der Waals surface area contributed by atoms with Gasteiger partial charge in [-0.1, -0.05) is 30.1 Å². The molecule has 1 unspecified atom stereocenters. The molecule has 0 saturated carbocycles. The van der Waals surface area contributed by atoms with Crippen LogP contribution in [0.25, 0.3) is 0 Å². The number of nitrogens with zero attached hydrogens (tertiary/aromatic N) is 1. The first kappa shape index (κ1) is 14.7. The standard InChI is InChI=1S/C11H17Cl2N3S/c1-4-14-10-8(12)5-9(13)11(16-10)15-6-7(2)17-3/h5,7H,4,6H2,1-3H3,(H2,14,15,16). The molecule has 1 rings (SSSR count). The van der Waals surface area contributed by atoms with E-state index in [1.807, 2.05) is 6.92 Å². The molecule has 1 heterocycles. The molecular formula is C11H17Cl2N3S. The van der Waals surface area contributed by atoms with E-state index < -0.39 is 0 Å². The highest BCUT2D eigenvalue weighted by Crippen LogP contribution is 2.29. The fourth-order valence-electron chi connectivity index (χ4n) is 1.21. The lowest BCUT2D eigenvalue weighted by Gasteiger charge is -2.14. The third-order valence-corrected chi connectivity index (χ3v) is 3.78. The number of rotatable bonds is 6. The number of anilines is 2. The predicted octanol–water partition coefficient (Wildman–Crippen LogP) is 3.98. The van der Waals surface area contributed by atoms with Gasteiger partial charge in [0.05, 0.1) is 10.0 Å². The number of aromatic nitrogens is 1. The minimum atomic E-state index is 0.506. The molecular weight excluding hydrogens is 277 g/mol. The highest BCUT2D eigenvalue weighted by molar-refractivity contribution is 7.99. The van der Waals surface area contributed by atoms with Gasteiger partial charge in [0.25, 0.3) is 0 Å². The van der Waals surface area contributed by atoms with Crippen LogP contribution >= 0.6 is 35.0 Å². The van der Waals surface area contributed by atoms with E-state index in [0.29, 0.717) is 26.9 Å². The highest BCUT2D eigenvalue weighted by atomic mass is 35.5. The molecule has 0 radical (unpaired) electrons.